The molecule has 0 aromatic heterocycles. The zero-order chi connectivity index (χ0) is 15.2. The lowest BCUT2D eigenvalue weighted by molar-refractivity contribution is 0.0600. The molecule has 0 fully saturated rings. The molecule has 0 heterocycles. The molecule has 0 spiro atoms. The van der Waals surface area contributed by atoms with Gasteiger partial charge < -0.3 is 4.74 Å². The van der Waals surface area contributed by atoms with E-state index in [-0.39, 0.29) is 11.8 Å². The van der Waals surface area contributed by atoms with Crippen molar-refractivity contribution >= 4 is 33.8 Å². The molecule has 0 saturated heterocycles. The van der Waals surface area contributed by atoms with Crippen LogP contribution in [0.1, 0.15) is 26.3 Å². The van der Waals surface area contributed by atoms with Gasteiger partial charge in [0.1, 0.15) is 0 Å². The molecule has 0 saturated carbocycles. The van der Waals surface area contributed by atoms with E-state index >= 15 is 0 Å². The quantitative estimate of drug-likeness (QED) is 0.475. The number of rotatable bonds is 4. The molecule has 0 amide bonds. The molecule has 3 nitrogen and oxygen atoms in total. The summed E-state index contributed by atoms with van der Waals surface area (Å²) in [6.07, 6.45) is 3.22. The summed E-state index contributed by atoms with van der Waals surface area (Å²) in [6, 6.07) is 14.0. The Morgan fingerprint density at radius 2 is 1.52 bits per heavy atom. The Labute approximate surface area is 131 Å². The van der Waals surface area contributed by atoms with Crippen molar-refractivity contribution in [3.63, 3.8) is 0 Å². The van der Waals surface area contributed by atoms with Gasteiger partial charge in [0.2, 0.25) is 0 Å². The Kier molecular flexibility index (Phi) is 5.06. The summed E-state index contributed by atoms with van der Waals surface area (Å²) >= 11 is 3.33. The number of hydrogen-bond acceptors (Lipinski definition) is 3. The monoisotopic (exact) mass is 344 g/mol. The van der Waals surface area contributed by atoms with Crippen molar-refractivity contribution < 1.29 is 14.3 Å². The van der Waals surface area contributed by atoms with Crippen LogP contribution >= 0.6 is 15.9 Å². The first-order valence-electron chi connectivity index (χ1n) is 6.26. The van der Waals surface area contributed by atoms with Gasteiger partial charge in [0.05, 0.1) is 12.7 Å². The standard InChI is InChI=1S/C17H13BrO3/c1-21-17(20)14-5-2-12(3-6-14)4-11-16(19)13-7-9-15(18)10-8-13/h2-11H,1H3. The van der Waals surface area contributed by atoms with Gasteiger partial charge in [0.25, 0.3) is 0 Å². The van der Waals surface area contributed by atoms with Gasteiger partial charge in [-0.2, -0.15) is 0 Å². The highest BCUT2D eigenvalue weighted by Gasteiger charge is 2.04. The van der Waals surface area contributed by atoms with Gasteiger partial charge in [-0.3, -0.25) is 4.79 Å². The van der Waals surface area contributed by atoms with Crippen LogP contribution in [0.5, 0.6) is 0 Å². The number of carbonyl (C=O) groups excluding carboxylic acids is 2. The number of halogens is 1. The molecule has 0 aliphatic heterocycles. The second kappa shape index (κ2) is 6.99. The second-order valence-corrected chi connectivity index (χ2v) is 5.23. The zero-order valence-electron chi connectivity index (χ0n) is 11.4. The number of ether oxygens (including phenoxy) is 1. The van der Waals surface area contributed by atoms with E-state index in [9.17, 15) is 9.59 Å². The number of ketones is 1. The van der Waals surface area contributed by atoms with E-state index in [1.807, 2.05) is 12.1 Å². The van der Waals surface area contributed by atoms with Crippen molar-refractivity contribution in [2.24, 2.45) is 0 Å². The molecule has 2 aromatic carbocycles. The van der Waals surface area contributed by atoms with E-state index in [2.05, 4.69) is 20.7 Å². The molecular formula is C17H13BrO3. The predicted octanol–water partition coefficient (Wildman–Crippen LogP) is 4.13. The molecule has 21 heavy (non-hydrogen) atoms. The van der Waals surface area contributed by atoms with E-state index in [0.717, 1.165) is 10.0 Å². The van der Waals surface area contributed by atoms with Crippen molar-refractivity contribution in [1.82, 2.24) is 0 Å². The summed E-state index contributed by atoms with van der Waals surface area (Å²) < 4.78 is 5.56. The highest BCUT2D eigenvalue weighted by molar-refractivity contribution is 9.10. The van der Waals surface area contributed by atoms with Crippen LogP contribution in [0.2, 0.25) is 0 Å². The number of esters is 1. The maximum absolute atomic E-state index is 12.0. The smallest absolute Gasteiger partial charge is 0.337 e. The average molecular weight is 345 g/mol. The van der Waals surface area contributed by atoms with E-state index in [4.69, 9.17) is 0 Å². The first-order valence-corrected chi connectivity index (χ1v) is 7.06. The van der Waals surface area contributed by atoms with Crippen molar-refractivity contribution in [3.05, 3.63) is 75.8 Å². The lowest BCUT2D eigenvalue weighted by Crippen LogP contribution is -2.00. The summed E-state index contributed by atoms with van der Waals surface area (Å²) in [5.41, 5.74) is 1.95. The van der Waals surface area contributed by atoms with Crippen LogP contribution in [0.15, 0.2) is 59.1 Å². The van der Waals surface area contributed by atoms with Crippen LogP contribution in [0.3, 0.4) is 0 Å². The number of benzene rings is 2. The second-order valence-electron chi connectivity index (χ2n) is 4.32. The first kappa shape index (κ1) is 15.2. The van der Waals surface area contributed by atoms with Crippen LogP contribution in [0, 0.1) is 0 Å². The largest absolute Gasteiger partial charge is 0.465 e. The van der Waals surface area contributed by atoms with Crippen LogP contribution in [-0.2, 0) is 4.74 Å². The SMILES string of the molecule is COC(=O)c1ccc(C=CC(=O)c2ccc(Br)cc2)cc1. The summed E-state index contributed by atoms with van der Waals surface area (Å²) in [7, 11) is 1.34. The van der Waals surface area contributed by atoms with Gasteiger partial charge in [-0.05, 0) is 48.0 Å². The highest BCUT2D eigenvalue weighted by atomic mass is 79.9. The van der Waals surface area contributed by atoms with E-state index in [0.29, 0.717) is 11.1 Å². The molecular weight excluding hydrogens is 332 g/mol. The van der Waals surface area contributed by atoms with Crippen LogP contribution in [0.25, 0.3) is 6.08 Å². The minimum absolute atomic E-state index is 0.0699. The van der Waals surface area contributed by atoms with Gasteiger partial charge in [-0.15, -0.1) is 0 Å². The summed E-state index contributed by atoms with van der Waals surface area (Å²) in [6.45, 7) is 0. The zero-order valence-corrected chi connectivity index (χ0v) is 13.0. The van der Waals surface area contributed by atoms with Crippen molar-refractivity contribution in [2.45, 2.75) is 0 Å². The van der Waals surface area contributed by atoms with Crippen LogP contribution in [-0.4, -0.2) is 18.9 Å². The third kappa shape index (κ3) is 4.13. The maximum atomic E-state index is 12.0. The van der Waals surface area contributed by atoms with Gasteiger partial charge in [0.15, 0.2) is 5.78 Å². The third-order valence-corrected chi connectivity index (χ3v) is 3.42. The minimum Gasteiger partial charge on any atom is -0.465 e. The number of carbonyl (C=O) groups is 2. The van der Waals surface area contributed by atoms with Crippen LogP contribution < -0.4 is 0 Å². The molecule has 0 radical (unpaired) electrons. The number of methoxy groups -OCH3 is 1. The Morgan fingerprint density at radius 3 is 2.10 bits per heavy atom. The van der Waals surface area contributed by atoms with Crippen LogP contribution in [0.4, 0.5) is 0 Å². The number of hydrogen-bond donors (Lipinski definition) is 0. The molecule has 4 heteroatoms. The summed E-state index contributed by atoms with van der Waals surface area (Å²) in [5, 5.41) is 0. The molecule has 0 aliphatic rings. The molecule has 0 atom stereocenters. The lowest BCUT2D eigenvalue weighted by atomic mass is 10.1. The fourth-order valence-corrected chi connectivity index (χ4v) is 1.99. The van der Waals surface area contributed by atoms with Gasteiger partial charge in [-0.25, -0.2) is 4.79 Å². The Bertz CT molecular complexity index is 670. The fraction of sp³-hybridized carbons (Fsp3) is 0.0588. The van der Waals surface area contributed by atoms with E-state index in [1.165, 1.54) is 13.2 Å². The van der Waals surface area contributed by atoms with E-state index in [1.54, 1.807) is 42.5 Å². The van der Waals surface area contributed by atoms with E-state index < -0.39 is 0 Å². The third-order valence-electron chi connectivity index (χ3n) is 2.89. The van der Waals surface area contributed by atoms with Gasteiger partial charge in [-0.1, -0.05) is 34.1 Å². The molecule has 0 unspecified atom stereocenters. The molecule has 106 valence electrons. The highest BCUT2D eigenvalue weighted by Crippen LogP contribution is 2.12. The molecule has 2 aromatic rings. The first-order chi connectivity index (χ1) is 10.1. The predicted molar refractivity (Wildman–Crippen MR) is 85.3 cm³/mol. The Morgan fingerprint density at radius 1 is 0.952 bits per heavy atom. The maximum Gasteiger partial charge on any atom is 0.337 e. The molecule has 0 N–H and O–H groups in total. The Balaban J connectivity index is 2.08. The minimum atomic E-state index is -0.378. The lowest BCUT2D eigenvalue weighted by Gasteiger charge is -1.99. The molecule has 2 rings (SSSR count). The van der Waals surface area contributed by atoms with Gasteiger partial charge >= 0.3 is 5.97 Å². The number of allylic oxidation sites excluding steroid dienone is 1. The topological polar surface area (TPSA) is 43.4 Å². The molecule has 0 aliphatic carbocycles. The normalized spacial score (nSPS) is 10.6. The molecule has 0 bridgehead atoms. The fourth-order valence-electron chi connectivity index (χ4n) is 1.73. The summed E-state index contributed by atoms with van der Waals surface area (Å²) in [4.78, 5) is 23.3. The Hall–Kier alpha value is -2.20. The van der Waals surface area contributed by atoms with Crippen molar-refractivity contribution in [1.29, 1.82) is 0 Å². The average Bonchev–Trinajstić information content (AvgIpc) is 2.53. The van der Waals surface area contributed by atoms with Gasteiger partial charge in [0, 0.05) is 10.0 Å². The van der Waals surface area contributed by atoms with Crippen molar-refractivity contribution in [2.75, 3.05) is 7.11 Å². The summed E-state index contributed by atoms with van der Waals surface area (Å²) in [5.74, 6) is -0.448. The van der Waals surface area contributed by atoms with Crippen molar-refractivity contribution in [3.8, 4) is 0 Å².